The highest BCUT2D eigenvalue weighted by atomic mass is 35.5. The summed E-state index contributed by atoms with van der Waals surface area (Å²) in [5, 5.41) is 3.87. The molecule has 3 atom stereocenters. The molecule has 0 amide bonds. The Labute approximate surface area is 112 Å². The average molecular weight is 272 g/mol. The summed E-state index contributed by atoms with van der Waals surface area (Å²) in [5.41, 5.74) is 0.833. The van der Waals surface area contributed by atoms with E-state index in [1.807, 2.05) is 7.05 Å². The molecule has 1 fully saturated rings. The quantitative estimate of drug-likeness (QED) is 0.908. The van der Waals surface area contributed by atoms with Crippen molar-refractivity contribution in [2.45, 2.75) is 44.4 Å². The Bertz CT molecular complexity index is 413. The first-order chi connectivity index (χ1) is 8.60. The van der Waals surface area contributed by atoms with Crippen LogP contribution in [-0.4, -0.2) is 25.3 Å². The van der Waals surface area contributed by atoms with Crippen LogP contribution < -0.4 is 5.32 Å². The van der Waals surface area contributed by atoms with Crippen LogP contribution in [0.2, 0.25) is 5.02 Å². The summed E-state index contributed by atoms with van der Waals surface area (Å²) < 4.78 is 19.1. The minimum Gasteiger partial charge on any atom is -0.374 e. The normalized spacial score (nSPS) is 25.3. The molecule has 0 spiro atoms. The highest BCUT2D eigenvalue weighted by Gasteiger charge is 2.29. The summed E-state index contributed by atoms with van der Waals surface area (Å²) in [6.07, 6.45) is 3.31. The van der Waals surface area contributed by atoms with Crippen molar-refractivity contribution in [1.29, 1.82) is 0 Å². The van der Waals surface area contributed by atoms with E-state index in [0.29, 0.717) is 17.5 Å². The first-order valence-electron chi connectivity index (χ1n) is 6.37. The summed E-state index contributed by atoms with van der Waals surface area (Å²) in [6.45, 7) is 2.09. The van der Waals surface area contributed by atoms with Crippen molar-refractivity contribution in [1.82, 2.24) is 5.32 Å². The van der Waals surface area contributed by atoms with Gasteiger partial charge < -0.3 is 10.1 Å². The summed E-state index contributed by atoms with van der Waals surface area (Å²) in [7, 11) is 1.91. The van der Waals surface area contributed by atoms with Gasteiger partial charge in [-0.3, -0.25) is 0 Å². The fourth-order valence-electron chi connectivity index (χ4n) is 2.49. The van der Waals surface area contributed by atoms with Crippen LogP contribution in [-0.2, 0) is 11.2 Å². The van der Waals surface area contributed by atoms with Gasteiger partial charge >= 0.3 is 0 Å². The molecule has 1 N–H and O–H groups in total. The van der Waals surface area contributed by atoms with Crippen LogP contribution in [0.1, 0.15) is 25.3 Å². The molecule has 1 aliphatic rings. The van der Waals surface area contributed by atoms with E-state index in [9.17, 15) is 4.39 Å². The van der Waals surface area contributed by atoms with Crippen LogP contribution in [0.5, 0.6) is 0 Å². The van der Waals surface area contributed by atoms with Crippen LogP contribution in [0.3, 0.4) is 0 Å². The summed E-state index contributed by atoms with van der Waals surface area (Å²) in [4.78, 5) is 0. The molecule has 1 heterocycles. The van der Waals surface area contributed by atoms with Crippen LogP contribution in [0.15, 0.2) is 18.2 Å². The number of nitrogens with one attached hydrogen (secondary N) is 1. The van der Waals surface area contributed by atoms with Gasteiger partial charge in [-0.1, -0.05) is 11.6 Å². The zero-order chi connectivity index (χ0) is 13.1. The Kier molecular flexibility index (Phi) is 4.60. The Hall–Kier alpha value is -0.640. The van der Waals surface area contributed by atoms with Crippen molar-refractivity contribution in [3.05, 3.63) is 34.6 Å². The van der Waals surface area contributed by atoms with Gasteiger partial charge in [0.05, 0.1) is 12.2 Å². The van der Waals surface area contributed by atoms with E-state index in [2.05, 4.69) is 12.2 Å². The third kappa shape index (κ3) is 3.22. The molecule has 0 aromatic heterocycles. The Morgan fingerprint density at radius 2 is 2.28 bits per heavy atom. The zero-order valence-electron chi connectivity index (χ0n) is 10.7. The van der Waals surface area contributed by atoms with Crippen molar-refractivity contribution in [2.75, 3.05) is 7.05 Å². The van der Waals surface area contributed by atoms with E-state index in [4.69, 9.17) is 16.3 Å². The maximum Gasteiger partial charge on any atom is 0.123 e. The first-order valence-corrected chi connectivity index (χ1v) is 6.74. The molecule has 2 rings (SSSR count). The van der Waals surface area contributed by atoms with Gasteiger partial charge in [-0.15, -0.1) is 0 Å². The monoisotopic (exact) mass is 271 g/mol. The number of halogens is 2. The predicted molar refractivity (Wildman–Crippen MR) is 71.5 cm³/mol. The highest BCUT2D eigenvalue weighted by molar-refractivity contribution is 6.31. The van der Waals surface area contributed by atoms with Gasteiger partial charge in [0.2, 0.25) is 0 Å². The Morgan fingerprint density at radius 1 is 1.50 bits per heavy atom. The summed E-state index contributed by atoms with van der Waals surface area (Å²) in [5.74, 6) is -0.245. The van der Waals surface area contributed by atoms with E-state index in [0.717, 1.165) is 18.4 Å². The number of ether oxygens (including phenoxy) is 1. The smallest absolute Gasteiger partial charge is 0.123 e. The van der Waals surface area contributed by atoms with E-state index < -0.39 is 0 Å². The molecule has 1 aromatic carbocycles. The fraction of sp³-hybridized carbons (Fsp3) is 0.571. The number of hydrogen-bond donors (Lipinski definition) is 1. The lowest BCUT2D eigenvalue weighted by Crippen LogP contribution is -2.39. The molecule has 0 saturated carbocycles. The number of benzene rings is 1. The minimum atomic E-state index is -0.245. The molecule has 2 nitrogen and oxygen atoms in total. The van der Waals surface area contributed by atoms with E-state index >= 15 is 0 Å². The van der Waals surface area contributed by atoms with E-state index in [1.54, 1.807) is 6.07 Å². The third-order valence-electron chi connectivity index (χ3n) is 3.53. The van der Waals surface area contributed by atoms with Crippen LogP contribution in [0.4, 0.5) is 4.39 Å². The predicted octanol–water partition coefficient (Wildman–Crippen LogP) is 3.18. The zero-order valence-corrected chi connectivity index (χ0v) is 11.5. The molecule has 1 saturated heterocycles. The largest absolute Gasteiger partial charge is 0.374 e. The van der Waals surface area contributed by atoms with Crippen LogP contribution in [0.25, 0.3) is 0 Å². The molecule has 1 aromatic rings. The van der Waals surface area contributed by atoms with Crippen molar-refractivity contribution >= 4 is 11.6 Å². The van der Waals surface area contributed by atoms with Gasteiger partial charge in [-0.2, -0.15) is 0 Å². The van der Waals surface area contributed by atoms with Gasteiger partial charge in [0, 0.05) is 11.1 Å². The van der Waals surface area contributed by atoms with Gasteiger partial charge in [0.15, 0.2) is 0 Å². The molecule has 1 aliphatic heterocycles. The van der Waals surface area contributed by atoms with Crippen LogP contribution >= 0.6 is 11.6 Å². The molecule has 100 valence electrons. The standard InChI is InChI=1S/C14H19ClFNO/c1-9-3-6-14(18-9)13(17-2)8-10-7-11(16)4-5-12(10)15/h4-5,7,9,13-14,17H,3,6,8H2,1-2H3. The lowest BCUT2D eigenvalue weighted by atomic mass is 9.99. The second kappa shape index (κ2) is 6.00. The van der Waals surface area contributed by atoms with Crippen molar-refractivity contribution in [3.8, 4) is 0 Å². The van der Waals surface area contributed by atoms with Crippen LogP contribution in [0, 0.1) is 5.82 Å². The number of hydrogen-bond acceptors (Lipinski definition) is 2. The maximum atomic E-state index is 13.2. The van der Waals surface area contributed by atoms with Gasteiger partial charge in [0.1, 0.15) is 5.82 Å². The molecule has 0 aliphatic carbocycles. The van der Waals surface area contributed by atoms with Gasteiger partial charge in [0.25, 0.3) is 0 Å². The fourth-order valence-corrected chi connectivity index (χ4v) is 2.68. The van der Waals surface area contributed by atoms with E-state index in [1.165, 1.54) is 12.1 Å². The molecule has 0 radical (unpaired) electrons. The highest BCUT2D eigenvalue weighted by Crippen LogP contribution is 2.25. The lowest BCUT2D eigenvalue weighted by Gasteiger charge is -2.23. The minimum absolute atomic E-state index is 0.175. The molecule has 18 heavy (non-hydrogen) atoms. The SMILES string of the molecule is CNC(Cc1cc(F)ccc1Cl)C1CCC(C)O1. The topological polar surface area (TPSA) is 21.3 Å². The molecular formula is C14H19ClFNO. The van der Waals surface area contributed by atoms with Crippen molar-refractivity contribution < 1.29 is 9.13 Å². The average Bonchev–Trinajstić information content (AvgIpc) is 2.77. The second-order valence-electron chi connectivity index (χ2n) is 4.90. The first kappa shape index (κ1) is 13.8. The van der Waals surface area contributed by atoms with Crippen molar-refractivity contribution in [2.24, 2.45) is 0 Å². The van der Waals surface area contributed by atoms with Crippen molar-refractivity contribution in [3.63, 3.8) is 0 Å². The van der Waals surface area contributed by atoms with Gasteiger partial charge in [-0.05, 0) is 57.0 Å². The summed E-state index contributed by atoms with van der Waals surface area (Å²) in [6, 6.07) is 4.67. The molecule has 4 heteroatoms. The Balaban J connectivity index is 2.08. The lowest BCUT2D eigenvalue weighted by molar-refractivity contribution is 0.0337. The molecule has 3 unspecified atom stereocenters. The second-order valence-corrected chi connectivity index (χ2v) is 5.30. The number of likely N-dealkylation sites (N-methyl/N-ethyl adjacent to an activating group) is 1. The maximum absolute atomic E-state index is 13.2. The van der Waals surface area contributed by atoms with Gasteiger partial charge in [-0.25, -0.2) is 4.39 Å². The Morgan fingerprint density at radius 3 is 2.89 bits per heavy atom. The van der Waals surface area contributed by atoms with E-state index in [-0.39, 0.29) is 18.0 Å². The molecular weight excluding hydrogens is 253 g/mol. The summed E-state index contributed by atoms with van der Waals surface area (Å²) >= 11 is 6.10. The number of rotatable bonds is 4. The molecule has 0 bridgehead atoms. The third-order valence-corrected chi connectivity index (χ3v) is 3.90.